The zero-order chi connectivity index (χ0) is 33.3. The van der Waals surface area contributed by atoms with Gasteiger partial charge < -0.3 is 0 Å². The van der Waals surface area contributed by atoms with Crippen LogP contribution in [-0.2, 0) is 22.7 Å². The summed E-state index contributed by atoms with van der Waals surface area (Å²) in [5, 5.41) is 2.67. The van der Waals surface area contributed by atoms with Gasteiger partial charge in [-0.25, -0.2) is 0 Å². The first kappa shape index (κ1) is 29.3. The highest BCUT2D eigenvalue weighted by atomic mass is 15.1. The van der Waals surface area contributed by atoms with Crippen LogP contribution in [0.1, 0.15) is 88.8 Å². The highest BCUT2D eigenvalue weighted by Gasteiger charge is 2.45. The maximum Gasteiger partial charge on any atom is 0.287 e. The monoisotopic (exact) mass is 624 g/mol. The average Bonchev–Trinajstić information content (AvgIpc) is 3.50. The summed E-state index contributed by atoms with van der Waals surface area (Å²) < 4.78 is 4.95. The molecular weight excluding hydrogens is 581 g/mol. The van der Waals surface area contributed by atoms with Crippen LogP contribution in [-0.4, -0.2) is 0 Å². The second-order valence-electron chi connectivity index (χ2n) is 16.7. The quantitative estimate of drug-likeness (QED) is 0.148. The van der Waals surface area contributed by atoms with E-state index in [1.807, 2.05) is 0 Å². The molecule has 0 unspecified atom stereocenters. The number of aromatic nitrogens is 2. The standard InChI is InChI=1S/C46H44N2/c1-44(2,3)30-18-16-29-23-41(47-22-20-31(45(4,5)6)25-40(47)34(29)24-30)43-37-27-38-35(26-36(37)39-15-11-12-21-48(39)43)33-19-17-28-13-9-10-14-32(28)42(33)46(38,7)8/h9-22,24-27H,23H2,1-8H3/q+2/b43-41+. The van der Waals surface area contributed by atoms with E-state index < -0.39 is 0 Å². The second kappa shape index (κ2) is 9.63. The fourth-order valence-corrected chi connectivity index (χ4v) is 8.64. The molecule has 6 aromatic rings. The molecular formula is C46H44N2+2. The first-order chi connectivity index (χ1) is 22.8. The summed E-state index contributed by atoms with van der Waals surface area (Å²) in [5.74, 6) is 0. The van der Waals surface area contributed by atoms with Crippen molar-refractivity contribution in [1.82, 2.24) is 0 Å². The molecule has 0 atom stereocenters. The Morgan fingerprint density at radius 2 is 1.31 bits per heavy atom. The van der Waals surface area contributed by atoms with Crippen LogP contribution in [0.5, 0.6) is 0 Å². The summed E-state index contributed by atoms with van der Waals surface area (Å²) in [6, 6.07) is 37.2. The van der Waals surface area contributed by atoms with Crippen LogP contribution >= 0.6 is 0 Å². The van der Waals surface area contributed by atoms with Gasteiger partial charge >= 0.3 is 0 Å². The number of pyridine rings is 2. The minimum atomic E-state index is -0.120. The van der Waals surface area contributed by atoms with Crippen molar-refractivity contribution in [3.63, 3.8) is 0 Å². The van der Waals surface area contributed by atoms with Gasteiger partial charge in [-0.05, 0) is 84.8 Å². The number of nitrogens with zero attached hydrogens (tertiary/aromatic N) is 2. The molecule has 0 fully saturated rings. The normalized spacial score (nSPS) is 17.0. The Kier molecular flexibility index (Phi) is 5.88. The van der Waals surface area contributed by atoms with Crippen molar-refractivity contribution in [3.8, 4) is 33.6 Å². The third-order valence-corrected chi connectivity index (χ3v) is 11.3. The summed E-state index contributed by atoms with van der Waals surface area (Å²) in [5.41, 5.74) is 18.9. The molecule has 2 heteroatoms. The molecule has 2 aromatic heterocycles. The largest absolute Gasteiger partial charge is 0.287 e. The summed E-state index contributed by atoms with van der Waals surface area (Å²) in [4.78, 5) is 0. The van der Waals surface area contributed by atoms with Crippen LogP contribution in [0.3, 0.4) is 0 Å². The third kappa shape index (κ3) is 4.05. The van der Waals surface area contributed by atoms with Crippen LogP contribution in [0.25, 0.3) is 55.8 Å². The minimum absolute atomic E-state index is 0.0504. The minimum Gasteiger partial charge on any atom is -0.158 e. The van der Waals surface area contributed by atoms with E-state index in [0.717, 1.165) is 6.42 Å². The van der Waals surface area contributed by atoms with Gasteiger partial charge in [0.2, 0.25) is 11.4 Å². The van der Waals surface area contributed by atoms with E-state index in [1.165, 1.54) is 89.2 Å². The number of benzene rings is 4. The van der Waals surface area contributed by atoms with Gasteiger partial charge in [-0.1, -0.05) is 104 Å². The molecule has 4 aromatic carbocycles. The Morgan fingerprint density at radius 3 is 2.10 bits per heavy atom. The fraction of sp³-hybridized carbons (Fsp3) is 0.261. The molecule has 0 amide bonds. The Balaban J connectivity index is 1.33. The van der Waals surface area contributed by atoms with Crippen LogP contribution in [0.15, 0.2) is 109 Å². The number of rotatable bonds is 0. The molecule has 0 N–H and O–H groups in total. The van der Waals surface area contributed by atoms with Gasteiger partial charge in [0.1, 0.15) is 0 Å². The summed E-state index contributed by atoms with van der Waals surface area (Å²) in [7, 11) is 0. The highest BCUT2D eigenvalue weighted by molar-refractivity contribution is 6.00. The lowest BCUT2D eigenvalue weighted by Crippen LogP contribution is -2.44. The molecule has 0 radical (unpaired) electrons. The lowest BCUT2D eigenvalue weighted by atomic mass is 9.79. The van der Waals surface area contributed by atoms with E-state index in [9.17, 15) is 0 Å². The van der Waals surface area contributed by atoms with Gasteiger partial charge in [0.05, 0.1) is 23.1 Å². The van der Waals surface area contributed by atoms with E-state index in [2.05, 4.69) is 174 Å². The predicted octanol–water partition coefficient (Wildman–Crippen LogP) is 10.4. The van der Waals surface area contributed by atoms with Crippen LogP contribution in [0, 0.1) is 0 Å². The zero-order valence-corrected chi connectivity index (χ0v) is 29.5. The molecule has 236 valence electrons. The molecule has 0 saturated heterocycles. The third-order valence-electron chi connectivity index (χ3n) is 11.3. The molecule has 0 bridgehead atoms. The molecule has 0 spiro atoms. The van der Waals surface area contributed by atoms with Crippen molar-refractivity contribution in [2.24, 2.45) is 0 Å². The van der Waals surface area contributed by atoms with Gasteiger partial charge in [0.15, 0.2) is 12.4 Å². The van der Waals surface area contributed by atoms with E-state index in [0.29, 0.717) is 0 Å². The Bertz CT molecular complexity index is 2410. The first-order valence-corrected chi connectivity index (χ1v) is 17.5. The van der Waals surface area contributed by atoms with Gasteiger partial charge in [0, 0.05) is 29.7 Å². The van der Waals surface area contributed by atoms with Gasteiger partial charge in [-0.3, -0.25) is 0 Å². The molecule has 0 saturated carbocycles. The lowest BCUT2D eigenvalue weighted by molar-refractivity contribution is -0.597. The maximum absolute atomic E-state index is 2.54. The summed E-state index contributed by atoms with van der Waals surface area (Å²) in [6.45, 7) is 18.7. The Morgan fingerprint density at radius 1 is 0.562 bits per heavy atom. The lowest BCUT2D eigenvalue weighted by Gasteiger charge is -2.25. The molecule has 2 aliphatic heterocycles. The zero-order valence-electron chi connectivity index (χ0n) is 29.5. The summed E-state index contributed by atoms with van der Waals surface area (Å²) >= 11 is 0. The highest BCUT2D eigenvalue weighted by Crippen LogP contribution is 2.54. The van der Waals surface area contributed by atoms with Gasteiger partial charge in [-0.2, -0.15) is 9.13 Å². The van der Waals surface area contributed by atoms with Crippen LogP contribution in [0.4, 0.5) is 0 Å². The van der Waals surface area contributed by atoms with Crippen molar-refractivity contribution < 1.29 is 9.13 Å². The van der Waals surface area contributed by atoms with Crippen molar-refractivity contribution >= 4 is 22.2 Å². The van der Waals surface area contributed by atoms with Crippen molar-refractivity contribution in [1.29, 1.82) is 0 Å². The molecule has 1 aliphatic carbocycles. The Hall–Kier alpha value is -4.82. The topological polar surface area (TPSA) is 7.76 Å². The molecule has 48 heavy (non-hydrogen) atoms. The van der Waals surface area contributed by atoms with Crippen molar-refractivity contribution in [2.45, 2.75) is 78.1 Å². The van der Waals surface area contributed by atoms with E-state index >= 15 is 0 Å². The smallest absolute Gasteiger partial charge is 0.158 e. The van der Waals surface area contributed by atoms with Gasteiger partial charge in [-0.15, -0.1) is 0 Å². The number of hydrogen-bond donors (Lipinski definition) is 0. The van der Waals surface area contributed by atoms with Crippen LogP contribution < -0.4 is 9.13 Å². The molecule has 9 rings (SSSR count). The van der Waals surface area contributed by atoms with Crippen molar-refractivity contribution in [2.75, 3.05) is 0 Å². The average molecular weight is 625 g/mol. The predicted molar refractivity (Wildman–Crippen MR) is 199 cm³/mol. The number of allylic oxidation sites excluding steroid dienone is 1. The second-order valence-corrected chi connectivity index (χ2v) is 16.7. The van der Waals surface area contributed by atoms with Crippen molar-refractivity contribution in [3.05, 3.63) is 143 Å². The van der Waals surface area contributed by atoms with Crippen LogP contribution in [0.2, 0.25) is 0 Å². The first-order valence-electron chi connectivity index (χ1n) is 17.5. The number of hydrogen-bond acceptors (Lipinski definition) is 0. The maximum atomic E-state index is 2.54. The van der Waals surface area contributed by atoms with E-state index in [1.54, 1.807) is 0 Å². The van der Waals surface area contributed by atoms with Gasteiger partial charge in [0.25, 0.3) is 11.4 Å². The molecule has 4 heterocycles. The van der Waals surface area contributed by atoms with E-state index in [-0.39, 0.29) is 16.2 Å². The Labute approximate surface area is 285 Å². The number of fused-ring (bicyclic) bond motifs is 11. The SMILES string of the molecule is CC(C)(C)c1ccc2c(c1)-c1cc(C(C)(C)C)cc[n+]1/C(=C1\c3cc4c(cc3-c3cccc[n+]31)-c1ccc3ccccc3c1C4(C)C)C2. The molecule has 3 aliphatic rings. The molecule has 2 nitrogen and oxygen atoms in total. The summed E-state index contributed by atoms with van der Waals surface area (Å²) in [6.07, 6.45) is 5.47. The van der Waals surface area contributed by atoms with E-state index in [4.69, 9.17) is 0 Å². The fourth-order valence-electron chi connectivity index (χ4n) is 8.64.